The lowest BCUT2D eigenvalue weighted by Gasteiger charge is -2.27. The van der Waals surface area contributed by atoms with E-state index in [0.29, 0.717) is 12.7 Å². The van der Waals surface area contributed by atoms with Gasteiger partial charge in [-0.15, -0.1) is 11.3 Å². The Hall–Kier alpha value is -1.14. The minimum atomic E-state index is -0.220. The van der Waals surface area contributed by atoms with Crippen molar-refractivity contribution in [3.63, 3.8) is 0 Å². The summed E-state index contributed by atoms with van der Waals surface area (Å²) in [5.41, 5.74) is 0.778. The number of carbonyl (C=O) groups excluding carboxylic acids is 1. The van der Waals surface area contributed by atoms with Crippen LogP contribution in [0.4, 0.5) is 5.13 Å². The van der Waals surface area contributed by atoms with Crippen molar-refractivity contribution in [2.45, 2.75) is 38.7 Å². The van der Waals surface area contributed by atoms with Crippen molar-refractivity contribution < 1.29 is 14.3 Å². The van der Waals surface area contributed by atoms with Crippen LogP contribution in [0.25, 0.3) is 0 Å². The lowest BCUT2D eigenvalue weighted by Crippen LogP contribution is -2.33. The third kappa shape index (κ3) is 4.45. The Morgan fingerprint density at radius 2 is 2.45 bits per heavy atom. The van der Waals surface area contributed by atoms with Crippen LogP contribution in [0.2, 0.25) is 0 Å². The molecule has 1 aromatic rings. The van der Waals surface area contributed by atoms with Gasteiger partial charge in [0.15, 0.2) is 5.13 Å². The molecule has 1 unspecified atom stereocenters. The van der Waals surface area contributed by atoms with E-state index < -0.39 is 0 Å². The summed E-state index contributed by atoms with van der Waals surface area (Å²) in [5, 5.41) is 2.85. The number of esters is 1. The van der Waals surface area contributed by atoms with Crippen molar-refractivity contribution in [1.82, 2.24) is 4.98 Å². The highest BCUT2D eigenvalue weighted by molar-refractivity contribution is 7.13. The Morgan fingerprint density at radius 1 is 1.60 bits per heavy atom. The zero-order valence-corrected chi connectivity index (χ0v) is 12.9. The van der Waals surface area contributed by atoms with Crippen molar-refractivity contribution >= 4 is 22.4 Å². The lowest BCUT2D eigenvalue weighted by atomic mass is 10.1. The molecule has 112 valence electrons. The van der Waals surface area contributed by atoms with Crippen LogP contribution in [-0.4, -0.2) is 43.9 Å². The number of thiazole rings is 1. The van der Waals surface area contributed by atoms with Crippen LogP contribution < -0.4 is 4.90 Å². The van der Waals surface area contributed by atoms with Crippen LogP contribution >= 0.6 is 11.3 Å². The van der Waals surface area contributed by atoms with E-state index in [9.17, 15) is 4.79 Å². The van der Waals surface area contributed by atoms with Crippen molar-refractivity contribution in [2.24, 2.45) is 0 Å². The summed E-state index contributed by atoms with van der Waals surface area (Å²) in [7, 11) is 2.02. The van der Waals surface area contributed by atoms with Crippen molar-refractivity contribution in [3.05, 3.63) is 11.1 Å². The average molecular weight is 298 g/mol. The maximum atomic E-state index is 11.4. The van der Waals surface area contributed by atoms with Crippen molar-refractivity contribution in [3.8, 4) is 0 Å². The Morgan fingerprint density at radius 3 is 3.15 bits per heavy atom. The maximum absolute atomic E-state index is 11.4. The molecule has 20 heavy (non-hydrogen) atoms. The highest BCUT2D eigenvalue weighted by atomic mass is 32.1. The van der Waals surface area contributed by atoms with Gasteiger partial charge in [-0.2, -0.15) is 0 Å². The monoisotopic (exact) mass is 298 g/mol. The highest BCUT2D eigenvalue weighted by Crippen LogP contribution is 2.22. The Bertz CT molecular complexity index is 430. The van der Waals surface area contributed by atoms with Gasteiger partial charge in [-0.1, -0.05) is 0 Å². The molecule has 0 spiro atoms. The van der Waals surface area contributed by atoms with E-state index >= 15 is 0 Å². The number of aromatic nitrogens is 1. The standard InChI is InChI=1S/C14H22N2O3S/c1-3-18-13(17)8-11-10-20-14(15-11)16(2)9-12-6-4-5-7-19-12/h10,12H,3-9H2,1-2H3. The van der Waals surface area contributed by atoms with E-state index in [2.05, 4.69) is 9.88 Å². The molecule has 1 saturated heterocycles. The van der Waals surface area contributed by atoms with Gasteiger partial charge in [0.1, 0.15) is 0 Å². The third-order valence-corrected chi connectivity index (χ3v) is 4.25. The zero-order valence-electron chi connectivity index (χ0n) is 12.1. The molecule has 0 bridgehead atoms. The third-order valence-electron chi connectivity index (χ3n) is 3.25. The normalized spacial score (nSPS) is 18.8. The topological polar surface area (TPSA) is 51.7 Å². The van der Waals surface area contributed by atoms with Gasteiger partial charge in [0.05, 0.1) is 24.8 Å². The van der Waals surface area contributed by atoms with E-state index in [1.165, 1.54) is 12.8 Å². The smallest absolute Gasteiger partial charge is 0.311 e. The summed E-state index contributed by atoms with van der Waals surface area (Å²) in [6, 6.07) is 0. The second-order valence-electron chi connectivity index (χ2n) is 4.97. The molecule has 1 atom stereocenters. The minimum Gasteiger partial charge on any atom is -0.466 e. The summed E-state index contributed by atoms with van der Waals surface area (Å²) in [5.74, 6) is -0.220. The van der Waals surface area contributed by atoms with Gasteiger partial charge in [-0.05, 0) is 26.2 Å². The number of nitrogens with zero attached hydrogens (tertiary/aromatic N) is 2. The summed E-state index contributed by atoms with van der Waals surface area (Å²) >= 11 is 1.56. The fourth-order valence-corrected chi connectivity index (χ4v) is 3.05. The number of hydrogen-bond acceptors (Lipinski definition) is 6. The summed E-state index contributed by atoms with van der Waals surface area (Å²) in [4.78, 5) is 18.0. The number of hydrogen-bond donors (Lipinski definition) is 0. The first-order chi connectivity index (χ1) is 9.69. The predicted molar refractivity (Wildman–Crippen MR) is 79.3 cm³/mol. The largest absolute Gasteiger partial charge is 0.466 e. The summed E-state index contributed by atoms with van der Waals surface area (Å²) in [6.07, 6.45) is 4.07. The van der Waals surface area contributed by atoms with Gasteiger partial charge in [0.2, 0.25) is 0 Å². The number of ether oxygens (including phenoxy) is 2. The summed E-state index contributed by atoms with van der Waals surface area (Å²) in [6.45, 7) is 3.94. The second kappa shape index (κ2) is 7.59. The fraction of sp³-hybridized carbons (Fsp3) is 0.714. The Labute approximate surface area is 123 Å². The molecular formula is C14H22N2O3S. The molecule has 5 nitrogen and oxygen atoms in total. The van der Waals surface area contributed by atoms with Crippen LogP contribution in [0.15, 0.2) is 5.38 Å². The second-order valence-corrected chi connectivity index (χ2v) is 5.81. The molecule has 1 aromatic heterocycles. The molecule has 0 radical (unpaired) electrons. The van der Waals surface area contributed by atoms with Gasteiger partial charge < -0.3 is 14.4 Å². The Balaban J connectivity index is 1.85. The first-order valence-corrected chi connectivity index (χ1v) is 7.99. The van der Waals surface area contributed by atoms with E-state index in [4.69, 9.17) is 9.47 Å². The first kappa shape index (κ1) is 15.3. The Kier molecular flexibility index (Phi) is 5.79. The first-order valence-electron chi connectivity index (χ1n) is 7.11. The van der Waals surface area contributed by atoms with E-state index in [-0.39, 0.29) is 12.4 Å². The molecule has 0 N–H and O–H groups in total. The minimum absolute atomic E-state index is 0.220. The molecule has 1 aliphatic rings. The number of likely N-dealkylation sites (N-methyl/N-ethyl adjacent to an activating group) is 1. The van der Waals surface area contributed by atoms with Crippen molar-refractivity contribution in [2.75, 3.05) is 31.7 Å². The molecule has 6 heteroatoms. The average Bonchev–Trinajstić information content (AvgIpc) is 2.88. The summed E-state index contributed by atoms with van der Waals surface area (Å²) < 4.78 is 10.7. The molecular weight excluding hydrogens is 276 g/mol. The van der Waals surface area contributed by atoms with Gasteiger partial charge in [-0.3, -0.25) is 4.79 Å². The van der Waals surface area contributed by atoms with Gasteiger partial charge in [0, 0.05) is 25.6 Å². The quantitative estimate of drug-likeness (QED) is 0.754. The predicted octanol–water partition coefficient (Wildman–Crippen LogP) is 2.25. The molecule has 0 saturated carbocycles. The van der Waals surface area contributed by atoms with E-state index in [1.807, 2.05) is 19.4 Å². The zero-order chi connectivity index (χ0) is 14.4. The van der Waals surface area contributed by atoms with E-state index in [1.54, 1.807) is 11.3 Å². The molecule has 1 aliphatic heterocycles. The molecule has 2 rings (SSSR count). The van der Waals surface area contributed by atoms with Crippen LogP contribution in [0.5, 0.6) is 0 Å². The van der Waals surface area contributed by atoms with E-state index in [0.717, 1.165) is 30.4 Å². The SMILES string of the molecule is CCOC(=O)Cc1csc(N(C)CC2CCCCO2)n1. The van der Waals surface area contributed by atoms with Gasteiger partial charge >= 0.3 is 5.97 Å². The van der Waals surface area contributed by atoms with Crippen LogP contribution in [0.3, 0.4) is 0 Å². The maximum Gasteiger partial charge on any atom is 0.311 e. The van der Waals surface area contributed by atoms with Crippen LogP contribution in [0, 0.1) is 0 Å². The number of anilines is 1. The highest BCUT2D eigenvalue weighted by Gasteiger charge is 2.18. The van der Waals surface area contributed by atoms with Crippen molar-refractivity contribution in [1.29, 1.82) is 0 Å². The molecule has 0 amide bonds. The van der Waals surface area contributed by atoms with Gasteiger partial charge in [0.25, 0.3) is 0 Å². The lowest BCUT2D eigenvalue weighted by molar-refractivity contribution is -0.142. The molecule has 0 aliphatic carbocycles. The molecule has 1 fully saturated rings. The number of carbonyl (C=O) groups is 1. The van der Waals surface area contributed by atoms with Crippen LogP contribution in [-0.2, 0) is 20.7 Å². The van der Waals surface area contributed by atoms with Crippen LogP contribution in [0.1, 0.15) is 31.9 Å². The van der Waals surface area contributed by atoms with Gasteiger partial charge in [-0.25, -0.2) is 4.98 Å². The fourth-order valence-electron chi connectivity index (χ4n) is 2.25. The molecule has 0 aromatic carbocycles. The number of rotatable bonds is 6. The molecule has 2 heterocycles.